The zero-order chi connectivity index (χ0) is 25.8. The highest BCUT2D eigenvalue weighted by Crippen LogP contribution is 2.27. The third-order valence-corrected chi connectivity index (χ3v) is 9.00. The third-order valence-electron chi connectivity index (χ3n) is 7.13. The van der Waals surface area contributed by atoms with E-state index in [0.29, 0.717) is 19.3 Å². The Hall–Kier alpha value is -3.43. The number of aryl methyl sites for hydroxylation is 1. The predicted molar refractivity (Wildman–Crippen MR) is 139 cm³/mol. The summed E-state index contributed by atoms with van der Waals surface area (Å²) < 4.78 is 38.4. The topological polar surface area (TPSA) is 93.2 Å². The third kappa shape index (κ3) is 5.62. The van der Waals surface area contributed by atoms with Crippen molar-refractivity contribution in [2.45, 2.75) is 38.0 Å². The van der Waals surface area contributed by atoms with E-state index < -0.39 is 28.1 Å². The van der Waals surface area contributed by atoms with E-state index in [2.05, 4.69) is 0 Å². The number of ether oxygens (including phenoxy) is 2. The minimum absolute atomic E-state index is 0.0197. The first kappa shape index (κ1) is 25.2. The number of esters is 1. The van der Waals surface area contributed by atoms with Crippen LogP contribution in [0.15, 0.2) is 72.8 Å². The van der Waals surface area contributed by atoms with Gasteiger partial charge in [-0.25, -0.2) is 22.3 Å². The van der Waals surface area contributed by atoms with Crippen LogP contribution in [0.25, 0.3) is 10.8 Å². The van der Waals surface area contributed by atoms with Gasteiger partial charge in [0.05, 0.1) is 5.75 Å². The lowest BCUT2D eigenvalue weighted by atomic mass is 10.0. The number of carbonyl (C=O) groups excluding carboxylic acids is 2. The van der Waals surface area contributed by atoms with Crippen molar-refractivity contribution in [3.05, 3.63) is 83.9 Å². The number of piperidine rings is 1. The van der Waals surface area contributed by atoms with E-state index in [1.807, 2.05) is 72.8 Å². The number of nitrogens with zero attached hydrogens (tertiary/aromatic N) is 2. The van der Waals surface area contributed by atoms with Crippen LogP contribution in [0.5, 0.6) is 0 Å². The summed E-state index contributed by atoms with van der Waals surface area (Å²) in [6.45, 7) is 0.637. The highest BCUT2D eigenvalue weighted by Gasteiger charge is 2.44. The fraction of sp³-hybridized carbons (Fsp3) is 0.357. The van der Waals surface area contributed by atoms with E-state index in [-0.39, 0.29) is 38.1 Å². The fourth-order valence-corrected chi connectivity index (χ4v) is 6.62. The Bertz CT molecular complexity index is 1360. The number of hydrogen-bond donors (Lipinski definition) is 0. The average Bonchev–Trinajstić information content (AvgIpc) is 3.32. The lowest BCUT2D eigenvalue weighted by molar-refractivity contribution is -0.150. The molecule has 0 unspecified atom stereocenters. The first-order valence-corrected chi connectivity index (χ1v) is 14.1. The van der Waals surface area contributed by atoms with Gasteiger partial charge < -0.3 is 9.47 Å². The Balaban J connectivity index is 1.17. The molecule has 8 nitrogen and oxygen atoms in total. The number of hydrogen-bond acceptors (Lipinski definition) is 6. The summed E-state index contributed by atoms with van der Waals surface area (Å²) in [5, 5.41) is 2.16. The maximum atomic E-state index is 13.1. The number of cyclic esters (lactones) is 1. The van der Waals surface area contributed by atoms with Crippen molar-refractivity contribution in [3.8, 4) is 0 Å². The van der Waals surface area contributed by atoms with Gasteiger partial charge in [0.15, 0.2) is 6.04 Å². The molecule has 194 valence electrons. The van der Waals surface area contributed by atoms with Crippen molar-refractivity contribution in [2.24, 2.45) is 0 Å². The van der Waals surface area contributed by atoms with Gasteiger partial charge in [0.1, 0.15) is 13.2 Å². The van der Waals surface area contributed by atoms with Gasteiger partial charge in [0.25, 0.3) is 0 Å². The number of fused-ring (bicyclic) bond motifs is 1. The van der Waals surface area contributed by atoms with Gasteiger partial charge >= 0.3 is 12.1 Å². The summed E-state index contributed by atoms with van der Waals surface area (Å²) in [6, 6.07) is 22.1. The molecule has 0 aromatic heterocycles. The zero-order valence-corrected chi connectivity index (χ0v) is 21.3. The van der Waals surface area contributed by atoms with Crippen LogP contribution in [-0.2, 0) is 37.3 Å². The number of sulfonamides is 1. The van der Waals surface area contributed by atoms with Gasteiger partial charge in [-0.3, -0.25) is 4.90 Å². The molecular formula is C28H30N2O6S. The molecule has 1 atom stereocenters. The smallest absolute Gasteiger partial charge is 0.410 e. The van der Waals surface area contributed by atoms with Gasteiger partial charge in [0.2, 0.25) is 10.0 Å². The minimum atomic E-state index is -3.47. The Morgan fingerprint density at radius 3 is 2.43 bits per heavy atom. The van der Waals surface area contributed by atoms with Crippen molar-refractivity contribution in [2.75, 3.05) is 25.4 Å². The summed E-state index contributed by atoms with van der Waals surface area (Å²) in [5.41, 5.74) is 1.86. The fourth-order valence-electron chi connectivity index (χ4n) is 5.12. The molecule has 2 aliphatic heterocycles. The number of carbonyl (C=O) groups is 2. The van der Waals surface area contributed by atoms with Crippen molar-refractivity contribution < 1.29 is 27.5 Å². The lowest BCUT2D eigenvalue weighted by Gasteiger charge is -2.36. The van der Waals surface area contributed by atoms with Gasteiger partial charge in [-0.1, -0.05) is 72.8 Å². The van der Waals surface area contributed by atoms with Crippen LogP contribution in [0.2, 0.25) is 0 Å². The molecule has 2 aliphatic rings. The molecule has 0 radical (unpaired) electrons. The molecule has 3 aromatic rings. The second-order valence-corrected chi connectivity index (χ2v) is 11.5. The zero-order valence-electron chi connectivity index (χ0n) is 20.5. The molecular weight excluding hydrogens is 492 g/mol. The van der Waals surface area contributed by atoms with Gasteiger partial charge in [0, 0.05) is 19.1 Å². The normalized spacial score (nSPS) is 19.2. The molecule has 0 aliphatic carbocycles. The Morgan fingerprint density at radius 2 is 1.65 bits per heavy atom. The van der Waals surface area contributed by atoms with Crippen LogP contribution in [-0.4, -0.2) is 67.2 Å². The largest absolute Gasteiger partial charge is 0.459 e. The Morgan fingerprint density at radius 1 is 0.946 bits per heavy atom. The summed E-state index contributed by atoms with van der Waals surface area (Å²) in [5.74, 6) is -0.494. The molecule has 5 rings (SSSR count). The molecule has 2 fully saturated rings. The molecule has 2 heterocycles. The molecule has 0 bridgehead atoms. The molecule has 0 spiro atoms. The molecule has 0 N–H and O–H groups in total. The van der Waals surface area contributed by atoms with Crippen LogP contribution >= 0.6 is 0 Å². The van der Waals surface area contributed by atoms with Crippen LogP contribution < -0.4 is 0 Å². The highest BCUT2D eigenvalue weighted by atomic mass is 32.2. The average molecular weight is 523 g/mol. The molecule has 3 aromatic carbocycles. The van der Waals surface area contributed by atoms with Crippen LogP contribution in [0.3, 0.4) is 0 Å². The highest BCUT2D eigenvalue weighted by molar-refractivity contribution is 7.89. The molecule has 9 heteroatoms. The molecule has 1 amide bonds. The molecule has 2 saturated heterocycles. The lowest BCUT2D eigenvalue weighted by Crippen LogP contribution is -2.52. The molecule has 0 saturated carbocycles. The van der Waals surface area contributed by atoms with E-state index in [1.165, 1.54) is 9.21 Å². The van der Waals surface area contributed by atoms with E-state index in [1.54, 1.807) is 0 Å². The number of benzene rings is 3. The number of rotatable bonds is 8. The van der Waals surface area contributed by atoms with E-state index >= 15 is 0 Å². The SMILES string of the molecule is O=C(OCc1ccccc1)[C@@H]1COC(=O)N1C1CCN(S(=O)(=O)CCc2cccc3ccccc23)CC1. The monoisotopic (exact) mass is 522 g/mol. The Labute approximate surface area is 216 Å². The van der Waals surface area contributed by atoms with Crippen molar-refractivity contribution >= 4 is 32.9 Å². The molecule has 37 heavy (non-hydrogen) atoms. The maximum absolute atomic E-state index is 13.1. The van der Waals surface area contributed by atoms with Crippen LogP contribution in [0.1, 0.15) is 24.0 Å². The van der Waals surface area contributed by atoms with E-state index in [0.717, 1.165) is 21.9 Å². The van der Waals surface area contributed by atoms with Crippen LogP contribution in [0.4, 0.5) is 4.79 Å². The Kier molecular flexibility index (Phi) is 7.43. The first-order chi connectivity index (χ1) is 17.9. The minimum Gasteiger partial charge on any atom is -0.459 e. The van der Waals surface area contributed by atoms with E-state index in [9.17, 15) is 18.0 Å². The summed E-state index contributed by atoms with van der Waals surface area (Å²) in [4.78, 5) is 26.7. The summed E-state index contributed by atoms with van der Waals surface area (Å²) in [6.07, 6.45) is 0.743. The van der Waals surface area contributed by atoms with Gasteiger partial charge in [-0.2, -0.15) is 0 Å². The van der Waals surface area contributed by atoms with Gasteiger partial charge in [-0.05, 0) is 41.2 Å². The first-order valence-electron chi connectivity index (χ1n) is 12.5. The van der Waals surface area contributed by atoms with Crippen molar-refractivity contribution in [1.29, 1.82) is 0 Å². The predicted octanol–water partition coefficient (Wildman–Crippen LogP) is 3.74. The number of amides is 1. The standard InChI is InChI=1S/C28H30N2O6S/c31-27(35-19-21-7-2-1-3-8-21)26-20-36-28(32)30(26)24-13-16-29(17-14-24)37(33,34)18-15-23-11-6-10-22-9-4-5-12-25(22)23/h1-12,24,26H,13-20H2/t26-/m0/s1. The van der Waals surface area contributed by atoms with Crippen molar-refractivity contribution in [3.63, 3.8) is 0 Å². The van der Waals surface area contributed by atoms with Crippen molar-refractivity contribution in [1.82, 2.24) is 9.21 Å². The summed E-state index contributed by atoms with van der Waals surface area (Å²) >= 11 is 0. The second kappa shape index (κ2) is 10.9. The van der Waals surface area contributed by atoms with Gasteiger partial charge in [-0.15, -0.1) is 0 Å². The van der Waals surface area contributed by atoms with Crippen LogP contribution in [0, 0.1) is 0 Å². The quantitative estimate of drug-likeness (QED) is 0.419. The second-order valence-electron chi connectivity index (χ2n) is 9.43. The maximum Gasteiger partial charge on any atom is 0.410 e. The van der Waals surface area contributed by atoms with E-state index in [4.69, 9.17) is 9.47 Å². The summed E-state index contributed by atoms with van der Waals surface area (Å²) in [7, 11) is -3.47.